The van der Waals surface area contributed by atoms with Crippen LogP contribution in [0.25, 0.3) is 101 Å². The van der Waals surface area contributed by atoms with Crippen molar-refractivity contribution in [1.82, 2.24) is 4.57 Å². The van der Waals surface area contributed by atoms with E-state index in [1.807, 2.05) is 18.2 Å². The maximum absolute atomic E-state index is 4.08. The molecular formula is C84H66N2. The van der Waals surface area contributed by atoms with E-state index in [2.05, 4.69) is 315 Å². The SMILES string of the molecule is C=Cc1ccc(CC2(c3ccc(CCCC)cc3)c3ccccc3-c3ccc(N(c4ccc(-c5ccccc5)cc4)c4ccc(-c5ccc6c(c5)c5cc(-c7ccc(C=C)cc7)ccc5n6-c5ccc(-c6ccc(C=C)cc6)cc5)cc4)cc32)cc1. The quantitative estimate of drug-likeness (QED) is 0.0882. The van der Waals surface area contributed by atoms with Crippen LogP contribution in [0.5, 0.6) is 0 Å². The van der Waals surface area contributed by atoms with E-state index < -0.39 is 5.41 Å². The second-order valence-corrected chi connectivity index (χ2v) is 22.9. The first-order valence-electron chi connectivity index (χ1n) is 30.2. The van der Waals surface area contributed by atoms with Crippen LogP contribution in [0.1, 0.15) is 64.3 Å². The topological polar surface area (TPSA) is 8.17 Å². The summed E-state index contributed by atoms with van der Waals surface area (Å²) in [7, 11) is 0. The molecule has 14 rings (SSSR count). The summed E-state index contributed by atoms with van der Waals surface area (Å²) in [5.41, 5.74) is 28.1. The molecule has 1 atom stereocenters. The van der Waals surface area contributed by atoms with Gasteiger partial charge >= 0.3 is 0 Å². The highest BCUT2D eigenvalue weighted by Crippen LogP contribution is 2.56. The molecule has 1 aromatic heterocycles. The summed E-state index contributed by atoms with van der Waals surface area (Å²) in [5, 5.41) is 2.40. The number of nitrogens with zero attached hydrogens (tertiary/aromatic N) is 2. The van der Waals surface area contributed by atoms with Crippen molar-refractivity contribution in [2.75, 3.05) is 4.90 Å². The van der Waals surface area contributed by atoms with Crippen molar-refractivity contribution in [3.63, 3.8) is 0 Å². The maximum atomic E-state index is 4.08. The summed E-state index contributed by atoms with van der Waals surface area (Å²) >= 11 is 0. The number of aryl methyl sites for hydroxylation is 1. The Morgan fingerprint density at radius 3 is 1.34 bits per heavy atom. The number of benzene rings is 12. The molecule has 0 bridgehead atoms. The minimum absolute atomic E-state index is 0.464. The van der Waals surface area contributed by atoms with E-state index in [-0.39, 0.29) is 0 Å². The number of hydrogen-bond acceptors (Lipinski definition) is 1. The van der Waals surface area contributed by atoms with Crippen LogP contribution in [0.15, 0.2) is 299 Å². The van der Waals surface area contributed by atoms with E-state index in [1.54, 1.807) is 0 Å². The second-order valence-electron chi connectivity index (χ2n) is 22.9. The smallest absolute Gasteiger partial charge is 0.0541 e. The zero-order chi connectivity index (χ0) is 58.1. The third-order valence-corrected chi connectivity index (χ3v) is 17.9. The average molecular weight is 1100 g/mol. The zero-order valence-corrected chi connectivity index (χ0v) is 48.6. The molecule has 12 aromatic carbocycles. The van der Waals surface area contributed by atoms with Gasteiger partial charge in [-0.1, -0.05) is 258 Å². The molecule has 2 nitrogen and oxygen atoms in total. The molecule has 1 unspecified atom stereocenters. The highest BCUT2D eigenvalue weighted by molar-refractivity contribution is 6.12. The van der Waals surface area contributed by atoms with E-state index in [0.717, 1.165) is 74.4 Å². The van der Waals surface area contributed by atoms with Gasteiger partial charge in [0.05, 0.1) is 16.4 Å². The molecule has 1 heterocycles. The number of unbranched alkanes of at least 4 members (excludes halogenated alkanes) is 1. The first-order valence-corrected chi connectivity index (χ1v) is 30.2. The average Bonchev–Trinajstić information content (AvgIpc) is 1.62. The summed E-state index contributed by atoms with van der Waals surface area (Å²) in [6, 6.07) is 104. The summed E-state index contributed by atoms with van der Waals surface area (Å²) < 4.78 is 2.42. The molecule has 0 radical (unpaired) electrons. The number of rotatable bonds is 17. The Kier molecular flexibility index (Phi) is 14.2. The molecule has 2 heteroatoms. The monoisotopic (exact) mass is 1100 g/mol. The highest BCUT2D eigenvalue weighted by Gasteiger charge is 2.45. The third-order valence-electron chi connectivity index (χ3n) is 17.9. The molecule has 0 N–H and O–H groups in total. The molecule has 13 aromatic rings. The first kappa shape index (κ1) is 53.5. The van der Waals surface area contributed by atoms with Crippen molar-refractivity contribution in [1.29, 1.82) is 0 Å². The fourth-order valence-electron chi connectivity index (χ4n) is 13.3. The van der Waals surface area contributed by atoms with Crippen molar-refractivity contribution in [2.45, 2.75) is 38.0 Å². The molecule has 0 saturated carbocycles. The van der Waals surface area contributed by atoms with Crippen molar-refractivity contribution < 1.29 is 0 Å². The molecule has 1 aliphatic carbocycles. The first-order chi connectivity index (χ1) is 42.4. The predicted molar refractivity (Wildman–Crippen MR) is 368 cm³/mol. The Balaban J connectivity index is 0.893. The van der Waals surface area contributed by atoms with Gasteiger partial charge in [-0.3, -0.25) is 0 Å². The van der Waals surface area contributed by atoms with Gasteiger partial charge in [0.1, 0.15) is 0 Å². The van der Waals surface area contributed by atoms with Crippen LogP contribution < -0.4 is 4.90 Å². The number of anilines is 3. The van der Waals surface area contributed by atoms with Crippen molar-refractivity contribution >= 4 is 57.1 Å². The lowest BCUT2D eigenvalue weighted by molar-refractivity contribution is 0.629. The molecule has 0 spiro atoms. The van der Waals surface area contributed by atoms with Gasteiger partial charge in [0.25, 0.3) is 0 Å². The Morgan fingerprint density at radius 1 is 0.372 bits per heavy atom. The molecule has 86 heavy (non-hydrogen) atoms. The van der Waals surface area contributed by atoms with E-state index >= 15 is 0 Å². The summed E-state index contributed by atoms with van der Waals surface area (Å²) in [4.78, 5) is 2.45. The maximum Gasteiger partial charge on any atom is 0.0541 e. The van der Waals surface area contributed by atoms with Crippen LogP contribution in [0.3, 0.4) is 0 Å². The van der Waals surface area contributed by atoms with Gasteiger partial charge in [0.2, 0.25) is 0 Å². The minimum atomic E-state index is -0.464. The number of hydrogen-bond donors (Lipinski definition) is 0. The van der Waals surface area contributed by atoms with Gasteiger partial charge in [-0.2, -0.15) is 0 Å². The normalized spacial score (nSPS) is 13.3. The van der Waals surface area contributed by atoms with Crippen molar-refractivity contribution in [3.8, 4) is 61.3 Å². The van der Waals surface area contributed by atoms with Gasteiger partial charge in [-0.15, -0.1) is 0 Å². The Hall–Kier alpha value is -10.5. The van der Waals surface area contributed by atoms with Crippen molar-refractivity contribution in [2.24, 2.45) is 0 Å². The summed E-state index contributed by atoms with van der Waals surface area (Å²) in [6.45, 7) is 14.3. The minimum Gasteiger partial charge on any atom is -0.310 e. The van der Waals surface area contributed by atoms with Crippen LogP contribution in [0, 0.1) is 0 Å². The molecule has 0 amide bonds. The number of aromatic nitrogens is 1. The lowest BCUT2D eigenvalue weighted by Crippen LogP contribution is -2.30. The number of fused-ring (bicyclic) bond motifs is 6. The Bertz CT molecular complexity index is 4620. The van der Waals surface area contributed by atoms with Gasteiger partial charge in [0, 0.05) is 33.5 Å². The zero-order valence-electron chi connectivity index (χ0n) is 48.6. The largest absolute Gasteiger partial charge is 0.310 e. The Morgan fingerprint density at radius 2 is 0.802 bits per heavy atom. The fraction of sp³-hybridized carbons (Fsp3) is 0.0714. The second kappa shape index (κ2) is 22.9. The summed E-state index contributed by atoms with van der Waals surface area (Å²) in [6.07, 6.45) is 9.94. The van der Waals surface area contributed by atoms with Gasteiger partial charge in [0.15, 0.2) is 0 Å². The van der Waals surface area contributed by atoms with Gasteiger partial charge in [-0.05, 0) is 192 Å². The lowest BCUT2D eigenvalue weighted by atomic mass is 9.68. The molecule has 0 aliphatic heterocycles. The van der Waals surface area contributed by atoms with Crippen molar-refractivity contribution in [3.05, 3.63) is 343 Å². The van der Waals surface area contributed by atoms with E-state index in [4.69, 9.17) is 0 Å². The lowest BCUT2D eigenvalue weighted by Gasteiger charge is -2.35. The van der Waals surface area contributed by atoms with Crippen LogP contribution in [0.4, 0.5) is 17.1 Å². The molecule has 1 aliphatic rings. The predicted octanol–water partition coefficient (Wildman–Crippen LogP) is 22.8. The highest BCUT2D eigenvalue weighted by atomic mass is 15.1. The van der Waals surface area contributed by atoms with Crippen LogP contribution in [-0.2, 0) is 18.3 Å². The standard InChI is InChI=1S/C84H66N2/c1-5-9-15-61-28-42-71(43-29-61)84(57-62-22-20-58(6-2)21-23-62)80-19-14-13-18-76(80)77-51-50-75(56-81(77)84)85(72-44-34-65(35-45-72)63-16-11-10-12-17-63)73-46-38-68(39-47-73)70-41-53-83-79(55-70)78-54-69(67-32-26-60(8-4)27-33-67)40-52-82(78)86(83)74-48-36-66(37-49-74)64-30-24-59(7-3)25-31-64/h6-8,10-14,16-56H,2-5,9,15,57H2,1H3. The van der Waals surface area contributed by atoms with E-state index in [1.165, 1.54) is 95.9 Å². The van der Waals surface area contributed by atoms with Crippen LogP contribution in [-0.4, -0.2) is 4.57 Å². The molecule has 412 valence electrons. The fourth-order valence-corrected chi connectivity index (χ4v) is 13.3. The van der Waals surface area contributed by atoms with Gasteiger partial charge in [-0.25, -0.2) is 0 Å². The van der Waals surface area contributed by atoms with Gasteiger partial charge < -0.3 is 9.47 Å². The molecule has 0 saturated heterocycles. The molecular weight excluding hydrogens is 1040 g/mol. The van der Waals surface area contributed by atoms with Crippen LogP contribution in [0.2, 0.25) is 0 Å². The van der Waals surface area contributed by atoms with Crippen LogP contribution >= 0.6 is 0 Å². The van der Waals surface area contributed by atoms with E-state index in [9.17, 15) is 0 Å². The Labute approximate surface area is 506 Å². The third kappa shape index (κ3) is 9.79. The van der Waals surface area contributed by atoms with E-state index in [0.29, 0.717) is 0 Å². The summed E-state index contributed by atoms with van der Waals surface area (Å²) in [5.74, 6) is 0. The molecule has 0 fully saturated rings.